The molecule has 1 heterocycles. The van der Waals surface area contributed by atoms with E-state index in [2.05, 4.69) is 17.2 Å². The Kier molecular flexibility index (Phi) is 9.17. The largest absolute Gasteiger partial charge is 0.394 e. The number of hydrogen-bond acceptors (Lipinski definition) is 6. The SMILES string of the molecule is C=CCNC(=O)C(=O)C(CO)NC(=O)[C@@H]1[C@@H](C(C)C)CCN1C(=O)[C@@H](N)C(C)(C)C. The fourth-order valence-corrected chi connectivity index (χ4v) is 3.51. The number of carbonyl (C=O) groups excluding carboxylic acids is 4. The van der Waals surface area contributed by atoms with E-state index in [1.807, 2.05) is 34.6 Å². The van der Waals surface area contributed by atoms with Crippen LogP contribution in [0.5, 0.6) is 0 Å². The number of nitrogens with zero attached hydrogens (tertiary/aromatic N) is 1. The molecule has 30 heavy (non-hydrogen) atoms. The molecule has 1 aliphatic rings. The van der Waals surface area contributed by atoms with Gasteiger partial charge in [-0.1, -0.05) is 40.7 Å². The molecule has 0 aromatic rings. The fourth-order valence-electron chi connectivity index (χ4n) is 3.51. The van der Waals surface area contributed by atoms with Crippen molar-refractivity contribution in [2.24, 2.45) is 23.0 Å². The number of aliphatic hydroxyl groups is 1. The Hall–Kier alpha value is -2.26. The van der Waals surface area contributed by atoms with Crippen LogP contribution in [0.3, 0.4) is 0 Å². The van der Waals surface area contributed by atoms with Crippen LogP contribution < -0.4 is 16.4 Å². The molecular weight excluding hydrogens is 388 g/mol. The minimum atomic E-state index is -1.40. The number of Topliss-reactive ketones (excluding diaryl/α,β-unsaturated/α-hetero) is 1. The van der Waals surface area contributed by atoms with Crippen molar-refractivity contribution in [3.8, 4) is 0 Å². The van der Waals surface area contributed by atoms with Gasteiger partial charge < -0.3 is 26.4 Å². The summed E-state index contributed by atoms with van der Waals surface area (Å²) < 4.78 is 0. The Bertz CT molecular complexity index is 671. The van der Waals surface area contributed by atoms with E-state index < -0.39 is 47.7 Å². The van der Waals surface area contributed by atoms with E-state index in [9.17, 15) is 24.3 Å². The van der Waals surface area contributed by atoms with Gasteiger partial charge in [0.2, 0.25) is 17.6 Å². The van der Waals surface area contributed by atoms with Crippen LogP contribution >= 0.6 is 0 Å². The first-order chi connectivity index (χ1) is 13.9. The minimum Gasteiger partial charge on any atom is -0.394 e. The molecule has 1 unspecified atom stereocenters. The smallest absolute Gasteiger partial charge is 0.289 e. The molecule has 1 rings (SSSR count). The van der Waals surface area contributed by atoms with Gasteiger partial charge in [-0.15, -0.1) is 6.58 Å². The molecule has 170 valence electrons. The molecule has 0 spiro atoms. The lowest BCUT2D eigenvalue weighted by Crippen LogP contribution is -2.59. The van der Waals surface area contributed by atoms with E-state index in [4.69, 9.17) is 5.73 Å². The highest BCUT2D eigenvalue weighted by atomic mass is 16.3. The predicted molar refractivity (Wildman–Crippen MR) is 113 cm³/mol. The van der Waals surface area contributed by atoms with E-state index in [0.717, 1.165) is 0 Å². The number of nitrogens with one attached hydrogen (secondary N) is 2. The van der Waals surface area contributed by atoms with Gasteiger partial charge in [-0.2, -0.15) is 0 Å². The zero-order valence-electron chi connectivity index (χ0n) is 18.6. The lowest BCUT2D eigenvalue weighted by molar-refractivity contribution is -0.144. The van der Waals surface area contributed by atoms with Crippen LogP contribution in [0.25, 0.3) is 0 Å². The second-order valence-electron chi connectivity index (χ2n) is 9.12. The van der Waals surface area contributed by atoms with Crippen LogP contribution in [-0.4, -0.2) is 71.3 Å². The van der Waals surface area contributed by atoms with Gasteiger partial charge in [0, 0.05) is 13.1 Å². The van der Waals surface area contributed by atoms with Gasteiger partial charge in [0.05, 0.1) is 12.6 Å². The van der Waals surface area contributed by atoms with Crippen LogP contribution in [0, 0.1) is 17.3 Å². The summed E-state index contributed by atoms with van der Waals surface area (Å²) in [4.78, 5) is 51.8. The number of amides is 3. The first-order valence-corrected chi connectivity index (χ1v) is 10.3. The number of hydrogen-bond donors (Lipinski definition) is 4. The average Bonchev–Trinajstić information content (AvgIpc) is 3.13. The number of carbonyl (C=O) groups is 4. The van der Waals surface area contributed by atoms with E-state index in [-0.39, 0.29) is 24.3 Å². The van der Waals surface area contributed by atoms with E-state index in [0.29, 0.717) is 13.0 Å². The summed E-state index contributed by atoms with van der Waals surface area (Å²) in [5.74, 6) is -2.83. The number of likely N-dealkylation sites (tertiary alicyclic amines) is 1. The van der Waals surface area contributed by atoms with Crippen LogP contribution in [0.2, 0.25) is 0 Å². The number of ketones is 1. The molecule has 1 saturated heterocycles. The van der Waals surface area contributed by atoms with Gasteiger partial charge in [-0.3, -0.25) is 19.2 Å². The van der Waals surface area contributed by atoms with E-state index in [1.54, 1.807) is 0 Å². The molecule has 9 nitrogen and oxygen atoms in total. The van der Waals surface area contributed by atoms with Crippen molar-refractivity contribution in [3.05, 3.63) is 12.7 Å². The van der Waals surface area contributed by atoms with Gasteiger partial charge >= 0.3 is 0 Å². The van der Waals surface area contributed by atoms with Gasteiger partial charge in [0.15, 0.2) is 0 Å². The summed E-state index contributed by atoms with van der Waals surface area (Å²) >= 11 is 0. The molecule has 0 aromatic carbocycles. The van der Waals surface area contributed by atoms with Crippen molar-refractivity contribution in [2.75, 3.05) is 19.7 Å². The number of rotatable bonds is 9. The predicted octanol–water partition coefficient (Wildman–Crippen LogP) is -0.419. The van der Waals surface area contributed by atoms with Crippen molar-refractivity contribution in [1.29, 1.82) is 0 Å². The van der Waals surface area contributed by atoms with Crippen LogP contribution in [0.15, 0.2) is 12.7 Å². The topological polar surface area (TPSA) is 142 Å². The normalized spacial score (nSPS) is 21.1. The third kappa shape index (κ3) is 6.12. The first kappa shape index (κ1) is 25.8. The molecule has 4 atom stereocenters. The maximum Gasteiger partial charge on any atom is 0.289 e. The molecule has 0 saturated carbocycles. The molecule has 3 amide bonds. The summed E-state index contributed by atoms with van der Waals surface area (Å²) in [6, 6.07) is -3.02. The van der Waals surface area contributed by atoms with Crippen LogP contribution in [0.4, 0.5) is 0 Å². The van der Waals surface area contributed by atoms with Gasteiger partial charge in [-0.05, 0) is 23.7 Å². The molecule has 5 N–H and O–H groups in total. The molecule has 9 heteroatoms. The van der Waals surface area contributed by atoms with E-state index >= 15 is 0 Å². The van der Waals surface area contributed by atoms with Crippen LogP contribution in [0.1, 0.15) is 41.0 Å². The second-order valence-corrected chi connectivity index (χ2v) is 9.12. The molecule has 1 fully saturated rings. The summed E-state index contributed by atoms with van der Waals surface area (Å²) in [6.45, 7) is 12.6. The van der Waals surface area contributed by atoms with Gasteiger partial charge in [0.1, 0.15) is 12.1 Å². The Morgan fingerprint density at radius 1 is 1.27 bits per heavy atom. The maximum atomic E-state index is 13.1. The molecule has 0 aliphatic carbocycles. The van der Waals surface area contributed by atoms with E-state index in [1.165, 1.54) is 11.0 Å². The monoisotopic (exact) mass is 424 g/mol. The summed E-state index contributed by atoms with van der Waals surface area (Å²) in [7, 11) is 0. The third-order valence-electron chi connectivity index (χ3n) is 5.50. The van der Waals surface area contributed by atoms with Crippen LogP contribution in [-0.2, 0) is 19.2 Å². The Morgan fingerprint density at radius 2 is 1.87 bits per heavy atom. The number of aliphatic hydroxyl groups excluding tert-OH is 1. The lowest BCUT2D eigenvalue weighted by Gasteiger charge is -2.35. The standard InChI is InChI=1S/C21H36N4O5/c1-7-9-23-19(29)16(27)14(11-26)24-18(28)15-13(12(2)3)8-10-25(15)20(30)17(22)21(4,5)6/h7,12-15,17,26H,1,8-11,22H2,2-6H3,(H,23,29)(H,24,28)/t13-,14?,15+,17-/m1/s1. The highest BCUT2D eigenvalue weighted by molar-refractivity contribution is 6.38. The minimum absolute atomic E-state index is 0.0850. The Labute approximate surface area is 178 Å². The molecule has 0 radical (unpaired) electrons. The third-order valence-corrected chi connectivity index (χ3v) is 5.50. The quantitative estimate of drug-likeness (QED) is 0.293. The zero-order chi connectivity index (χ0) is 23.2. The fraction of sp³-hybridized carbons (Fsp3) is 0.714. The average molecular weight is 425 g/mol. The van der Waals surface area contributed by atoms with Crippen molar-refractivity contribution < 1.29 is 24.3 Å². The van der Waals surface area contributed by atoms with Crippen molar-refractivity contribution in [1.82, 2.24) is 15.5 Å². The van der Waals surface area contributed by atoms with Crippen molar-refractivity contribution >= 4 is 23.5 Å². The van der Waals surface area contributed by atoms with Crippen molar-refractivity contribution in [3.63, 3.8) is 0 Å². The maximum absolute atomic E-state index is 13.1. The zero-order valence-corrected chi connectivity index (χ0v) is 18.6. The molecule has 1 aliphatic heterocycles. The Morgan fingerprint density at radius 3 is 2.33 bits per heavy atom. The molecular formula is C21H36N4O5. The van der Waals surface area contributed by atoms with Gasteiger partial charge in [0.25, 0.3) is 5.91 Å². The molecule has 0 bridgehead atoms. The molecule has 0 aromatic heterocycles. The lowest BCUT2D eigenvalue weighted by atomic mass is 9.85. The highest BCUT2D eigenvalue weighted by Gasteiger charge is 2.46. The number of nitrogens with two attached hydrogens (primary N) is 1. The Balaban J connectivity index is 3.06. The highest BCUT2D eigenvalue weighted by Crippen LogP contribution is 2.32. The van der Waals surface area contributed by atoms with Crippen molar-refractivity contribution in [2.45, 2.75) is 59.2 Å². The summed E-state index contributed by atoms with van der Waals surface area (Å²) in [5.41, 5.74) is 5.66. The summed E-state index contributed by atoms with van der Waals surface area (Å²) in [5, 5.41) is 14.3. The van der Waals surface area contributed by atoms with Gasteiger partial charge in [-0.25, -0.2) is 0 Å². The first-order valence-electron chi connectivity index (χ1n) is 10.3. The second kappa shape index (κ2) is 10.7. The summed E-state index contributed by atoms with van der Waals surface area (Å²) in [6.07, 6.45) is 2.03.